The lowest BCUT2D eigenvalue weighted by Crippen LogP contribution is -2.47. The van der Waals surface area contributed by atoms with Crippen LogP contribution in [0, 0.1) is 11.3 Å². The molecule has 1 N–H and O–H groups in total. The van der Waals surface area contributed by atoms with Crippen LogP contribution in [-0.2, 0) is 9.53 Å². The van der Waals surface area contributed by atoms with E-state index < -0.39 is 0 Å². The van der Waals surface area contributed by atoms with Crippen molar-refractivity contribution in [2.24, 2.45) is 11.3 Å². The minimum absolute atomic E-state index is 0.210. The van der Waals surface area contributed by atoms with Crippen LogP contribution >= 0.6 is 0 Å². The van der Waals surface area contributed by atoms with Crippen molar-refractivity contribution < 1.29 is 9.53 Å². The van der Waals surface area contributed by atoms with Gasteiger partial charge in [-0.25, -0.2) is 0 Å². The maximum absolute atomic E-state index is 11.9. The molecule has 98 valence electrons. The predicted molar refractivity (Wildman–Crippen MR) is 66.5 cm³/mol. The summed E-state index contributed by atoms with van der Waals surface area (Å²) in [7, 11) is 0. The lowest BCUT2D eigenvalue weighted by molar-refractivity contribution is -0.131. The van der Waals surface area contributed by atoms with Crippen molar-refractivity contribution in [3.63, 3.8) is 0 Å². The molecule has 2 saturated heterocycles. The summed E-state index contributed by atoms with van der Waals surface area (Å²) in [5.74, 6) is 0.710. The molecule has 4 nitrogen and oxygen atoms in total. The van der Waals surface area contributed by atoms with E-state index in [2.05, 4.69) is 26.1 Å². The highest BCUT2D eigenvalue weighted by atomic mass is 16.5. The van der Waals surface area contributed by atoms with Gasteiger partial charge in [-0.15, -0.1) is 0 Å². The highest BCUT2D eigenvalue weighted by Crippen LogP contribution is 2.32. The van der Waals surface area contributed by atoms with Crippen LogP contribution in [0.1, 0.15) is 33.6 Å². The first kappa shape index (κ1) is 12.8. The third kappa shape index (κ3) is 2.80. The van der Waals surface area contributed by atoms with E-state index in [9.17, 15) is 4.79 Å². The minimum atomic E-state index is 0.210. The van der Waals surface area contributed by atoms with Crippen LogP contribution in [0.2, 0.25) is 0 Å². The number of nitrogens with one attached hydrogen (secondary N) is 1. The zero-order chi connectivity index (χ0) is 12.5. The Morgan fingerprint density at radius 2 is 2.12 bits per heavy atom. The van der Waals surface area contributed by atoms with Crippen LogP contribution in [0.3, 0.4) is 0 Å². The highest BCUT2D eigenvalue weighted by molar-refractivity contribution is 5.80. The van der Waals surface area contributed by atoms with Gasteiger partial charge in [0, 0.05) is 19.8 Å². The molecule has 2 aliphatic heterocycles. The molecule has 2 fully saturated rings. The first-order valence-corrected chi connectivity index (χ1v) is 6.62. The van der Waals surface area contributed by atoms with Crippen LogP contribution in [0.15, 0.2) is 0 Å². The normalized spacial score (nSPS) is 29.1. The number of ether oxygens (including phenoxy) is 1. The van der Waals surface area contributed by atoms with Gasteiger partial charge in [0.05, 0.1) is 12.7 Å². The average Bonchev–Trinajstić information content (AvgIpc) is 2.61. The second kappa shape index (κ2) is 4.94. The molecule has 0 bridgehead atoms. The quantitative estimate of drug-likeness (QED) is 0.806. The second-order valence-corrected chi connectivity index (χ2v) is 6.01. The Bertz CT molecular complexity index is 285. The number of amides is 1. The van der Waals surface area contributed by atoms with E-state index in [0.29, 0.717) is 12.5 Å². The number of carbonyl (C=O) groups excluding carboxylic acids is 1. The first-order valence-electron chi connectivity index (χ1n) is 6.62. The molecular formula is C13H24N2O2. The summed E-state index contributed by atoms with van der Waals surface area (Å²) < 4.78 is 5.41. The highest BCUT2D eigenvalue weighted by Gasteiger charge is 2.38. The molecule has 1 atom stereocenters. The van der Waals surface area contributed by atoms with Crippen LogP contribution in [-0.4, -0.2) is 43.3 Å². The monoisotopic (exact) mass is 240 g/mol. The van der Waals surface area contributed by atoms with Crippen LogP contribution < -0.4 is 5.32 Å². The lowest BCUT2D eigenvalue weighted by atomic mass is 9.81. The van der Waals surface area contributed by atoms with Gasteiger partial charge in [0.1, 0.15) is 0 Å². The smallest absolute Gasteiger partial charge is 0.237 e. The summed E-state index contributed by atoms with van der Waals surface area (Å²) >= 11 is 0. The first-order chi connectivity index (χ1) is 8.02. The SMILES string of the molecule is CC(C)C1NCC(=O)N1CC1(C)CCOCC1. The van der Waals surface area contributed by atoms with Crippen molar-refractivity contribution in [3.05, 3.63) is 0 Å². The standard InChI is InChI=1S/C13H24N2O2/c1-10(2)12-14-8-11(16)15(12)9-13(3)4-6-17-7-5-13/h10,12,14H,4-9H2,1-3H3. The summed E-state index contributed by atoms with van der Waals surface area (Å²) in [6, 6.07) is 0. The van der Waals surface area contributed by atoms with E-state index in [-0.39, 0.29) is 17.5 Å². The maximum atomic E-state index is 11.9. The minimum Gasteiger partial charge on any atom is -0.381 e. The molecule has 0 aliphatic carbocycles. The van der Waals surface area contributed by atoms with E-state index in [0.717, 1.165) is 32.6 Å². The molecule has 0 spiro atoms. The van der Waals surface area contributed by atoms with E-state index in [1.807, 2.05) is 4.90 Å². The van der Waals surface area contributed by atoms with Gasteiger partial charge < -0.3 is 9.64 Å². The van der Waals surface area contributed by atoms with Crippen LogP contribution in [0.4, 0.5) is 0 Å². The summed E-state index contributed by atoms with van der Waals surface area (Å²) in [4.78, 5) is 14.0. The van der Waals surface area contributed by atoms with Gasteiger partial charge >= 0.3 is 0 Å². The molecule has 0 radical (unpaired) electrons. The molecule has 0 aromatic rings. The van der Waals surface area contributed by atoms with E-state index in [4.69, 9.17) is 4.74 Å². The maximum Gasteiger partial charge on any atom is 0.237 e. The van der Waals surface area contributed by atoms with Gasteiger partial charge in [0.25, 0.3) is 0 Å². The number of carbonyl (C=O) groups is 1. The van der Waals surface area contributed by atoms with Crippen molar-refractivity contribution in [1.82, 2.24) is 10.2 Å². The Kier molecular flexibility index (Phi) is 3.73. The largest absolute Gasteiger partial charge is 0.381 e. The van der Waals surface area contributed by atoms with Gasteiger partial charge in [-0.2, -0.15) is 0 Å². The van der Waals surface area contributed by atoms with Gasteiger partial charge in [0.15, 0.2) is 0 Å². The molecule has 1 amide bonds. The van der Waals surface area contributed by atoms with Crippen molar-refractivity contribution >= 4 is 5.91 Å². The Labute approximate surface area is 104 Å². The zero-order valence-electron chi connectivity index (χ0n) is 11.2. The molecule has 2 heterocycles. The third-order valence-electron chi connectivity index (χ3n) is 4.00. The van der Waals surface area contributed by atoms with Crippen molar-refractivity contribution in [2.45, 2.75) is 39.8 Å². The Morgan fingerprint density at radius 3 is 2.71 bits per heavy atom. The summed E-state index contributed by atoms with van der Waals surface area (Å²) in [5.41, 5.74) is 0.229. The predicted octanol–water partition coefficient (Wildman–Crippen LogP) is 1.22. The molecule has 2 aliphatic rings. The van der Waals surface area contributed by atoms with Crippen LogP contribution in [0.5, 0.6) is 0 Å². The number of rotatable bonds is 3. The summed E-state index contributed by atoms with van der Waals surface area (Å²) in [6.45, 7) is 9.63. The molecule has 0 saturated carbocycles. The fourth-order valence-corrected chi connectivity index (χ4v) is 2.77. The van der Waals surface area contributed by atoms with E-state index in [1.165, 1.54) is 0 Å². The zero-order valence-corrected chi connectivity index (χ0v) is 11.2. The van der Waals surface area contributed by atoms with Crippen molar-refractivity contribution in [1.29, 1.82) is 0 Å². The van der Waals surface area contributed by atoms with Crippen LogP contribution in [0.25, 0.3) is 0 Å². The lowest BCUT2D eigenvalue weighted by Gasteiger charge is -2.39. The Hall–Kier alpha value is -0.610. The molecule has 0 aromatic carbocycles. The Morgan fingerprint density at radius 1 is 1.47 bits per heavy atom. The van der Waals surface area contributed by atoms with Gasteiger partial charge in [0.2, 0.25) is 5.91 Å². The van der Waals surface area contributed by atoms with Gasteiger partial charge in [-0.1, -0.05) is 20.8 Å². The number of nitrogens with zero attached hydrogens (tertiary/aromatic N) is 1. The van der Waals surface area contributed by atoms with Gasteiger partial charge in [-0.05, 0) is 24.2 Å². The van der Waals surface area contributed by atoms with E-state index in [1.54, 1.807) is 0 Å². The average molecular weight is 240 g/mol. The third-order valence-corrected chi connectivity index (χ3v) is 4.00. The fourth-order valence-electron chi connectivity index (χ4n) is 2.77. The van der Waals surface area contributed by atoms with Gasteiger partial charge in [-0.3, -0.25) is 10.1 Å². The summed E-state index contributed by atoms with van der Waals surface area (Å²) in [6.07, 6.45) is 2.32. The topological polar surface area (TPSA) is 41.6 Å². The second-order valence-electron chi connectivity index (χ2n) is 6.01. The molecule has 4 heteroatoms. The van der Waals surface area contributed by atoms with Crippen molar-refractivity contribution in [3.8, 4) is 0 Å². The molecule has 17 heavy (non-hydrogen) atoms. The Balaban J connectivity index is 2.02. The fraction of sp³-hybridized carbons (Fsp3) is 0.923. The molecule has 0 aromatic heterocycles. The summed E-state index contributed by atoms with van der Waals surface area (Å²) in [5, 5.41) is 3.31. The van der Waals surface area contributed by atoms with E-state index >= 15 is 0 Å². The molecular weight excluding hydrogens is 216 g/mol. The number of hydrogen-bond acceptors (Lipinski definition) is 3. The molecule has 1 unspecified atom stereocenters. The van der Waals surface area contributed by atoms with Crippen molar-refractivity contribution in [2.75, 3.05) is 26.3 Å². The molecule has 2 rings (SSSR count). The number of hydrogen-bond donors (Lipinski definition) is 1.